The van der Waals surface area contributed by atoms with E-state index >= 15 is 0 Å². The van der Waals surface area contributed by atoms with E-state index in [-0.39, 0.29) is 5.91 Å². The summed E-state index contributed by atoms with van der Waals surface area (Å²) in [5.74, 6) is 1.13. The molecule has 0 radical (unpaired) electrons. The van der Waals surface area contributed by atoms with Crippen LogP contribution in [0.25, 0.3) is 6.08 Å². The second-order valence-corrected chi connectivity index (χ2v) is 9.87. The molecule has 0 bridgehead atoms. The number of amides is 1. The maximum absolute atomic E-state index is 13.0. The third-order valence-electron chi connectivity index (χ3n) is 6.01. The first kappa shape index (κ1) is 22.4. The molecule has 7 nitrogen and oxygen atoms in total. The number of benzene rings is 2. The molecule has 0 spiro atoms. The van der Waals surface area contributed by atoms with Crippen LogP contribution in [0.5, 0.6) is 11.5 Å². The van der Waals surface area contributed by atoms with E-state index in [1.165, 1.54) is 6.08 Å². The molecule has 32 heavy (non-hydrogen) atoms. The number of sulfonamides is 1. The highest BCUT2D eigenvalue weighted by molar-refractivity contribution is 7.89. The van der Waals surface area contributed by atoms with Gasteiger partial charge in [-0.1, -0.05) is 6.42 Å². The third kappa shape index (κ3) is 4.38. The van der Waals surface area contributed by atoms with E-state index in [0.717, 1.165) is 36.1 Å². The third-order valence-corrected chi connectivity index (χ3v) is 7.91. The Morgan fingerprint density at radius 3 is 2.47 bits per heavy atom. The van der Waals surface area contributed by atoms with Crippen molar-refractivity contribution in [3.63, 3.8) is 0 Å². The van der Waals surface area contributed by atoms with Gasteiger partial charge in [0.1, 0.15) is 11.5 Å². The molecule has 4 rings (SSSR count). The van der Waals surface area contributed by atoms with E-state index < -0.39 is 10.0 Å². The quantitative estimate of drug-likeness (QED) is 0.622. The van der Waals surface area contributed by atoms with Crippen molar-refractivity contribution in [3.8, 4) is 11.5 Å². The molecule has 0 atom stereocenters. The summed E-state index contributed by atoms with van der Waals surface area (Å²) < 4.78 is 38.1. The van der Waals surface area contributed by atoms with Gasteiger partial charge in [-0.3, -0.25) is 4.79 Å². The monoisotopic (exact) mass is 456 g/mol. The van der Waals surface area contributed by atoms with Gasteiger partial charge >= 0.3 is 0 Å². The fourth-order valence-electron chi connectivity index (χ4n) is 4.23. The first-order valence-electron chi connectivity index (χ1n) is 10.8. The SMILES string of the molecule is COc1ccc(/C=C/C(=O)N2CCc3cc(S(=O)(=O)N4CCCCC4)ccc32)c(OC)c1. The van der Waals surface area contributed by atoms with E-state index in [2.05, 4.69) is 0 Å². The number of hydrogen-bond acceptors (Lipinski definition) is 5. The van der Waals surface area contributed by atoms with Crippen LogP contribution in [-0.4, -0.2) is 52.5 Å². The Morgan fingerprint density at radius 2 is 1.75 bits per heavy atom. The lowest BCUT2D eigenvalue weighted by Crippen LogP contribution is -2.35. The van der Waals surface area contributed by atoms with Gasteiger partial charge in [0.05, 0.1) is 19.1 Å². The van der Waals surface area contributed by atoms with Crippen LogP contribution in [0.4, 0.5) is 5.69 Å². The molecule has 1 amide bonds. The number of hydrogen-bond donors (Lipinski definition) is 0. The van der Waals surface area contributed by atoms with Crippen molar-refractivity contribution in [2.75, 3.05) is 38.8 Å². The van der Waals surface area contributed by atoms with Gasteiger partial charge in [0.15, 0.2) is 0 Å². The van der Waals surface area contributed by atoms with Crippen LogP contribution in [0.3, 0.4) is 0 Å². The molecule has 1 fully saturated rings. The van der Waals surface area contributed by atoms with Crippen LogP contribution in [0.15, 0.2) is 47.4 Å². The van der Waals surface area contributed by atoms with Crippen molar-refractivity contribution < 1.29 is 22.7 Å². The second-order valence-electron chi connectivity index (χ2n) is 7.94. The van der Waals surface area contributed by atoms with Gasteiger partial charge in [-0.25, -0.2) is 8.42 Å². The van der Waals surface area contributed by atoms with E-state index in [1.54, 1.807) is 53.8 Å². The van der Waals surface area contributed by atoms with Gasteiger partial charge in [0.2, 0.25) is 10.0 Å². The maximum atomic E-state index is 13.0. The molecule has 2 aliphatic rings. The Morgan fingerprint density at radius 1 is 0.969 bits per heavy atom. The van der Waals surface area contributed by atoms with Crippen molar-refractivity contribution in [1.29, 1.82) is 0 Å². The highest BCUT2D eigenvalue weighted by Crippen LogP contribution is 2.32. The standard InChI is InChI=1S/C24H28N2O5S/c1-30-20-8-6-18(23(17-20)31-2)7-11-24(27)26-15-12-19-16-21(9-10-22(19)26)32(28,29)25-13-4-3-5-14-25/h6-11,16-17H,3-5,12-15H2,1-2H3/b11-7+. The highest BCUT2D eigenvalue weighted by Gasteiger charge is 2.29. The lowest BCUT2D eigenvalue weighted by Gasteiger charge is -2.26. The average Bonchev–Trinajstić information content (AvgIpc) is 3.26. The van der Waals surface area contributed by atoms with Crippen molar-refractivity contribution in [3.05, 3.63) is 53.6 Å². The minimum atomic E-state index is -3.49. The Kier molecular flexibility index (Phi) is 6.53. The number of fused-ring (bicyclic) bond motifs is 1. The minimum absolute atomic E-state index is 0.159. The zero-order chi connectivity index (χ0) is 22.7. The number of nitrogens with zero attached hydrogens (tertiary/aromatic N) is 2. The first-order chi connectivity index (χ1) is 15.4. The molecule has 2 aromatic rings. The lowest BCUT2D eigenvalue weighted by atomic mass is 10.1. The smallest absolute Gasteiger partial charge is 0.251 e. The largest absolute Gasteiger partial charge is 0.497 e. The van der Waals surface area contributed by atoms with Gasteiger partial charge in [-0.05, 0) is 61.2 Å². The van der Waals surface area contributed by atoms with Gasteiger partial charge in [0.25, 0.3) is 5.91 Å². The van der Waals surface area contributed by atoms with Crippen LogP contribution in [0.1, 0.15) is 30.4 Å². The Hall–Kier alpha value is -2.84. The fourth-order valence-corrected chi connectivity index (χ4v) is 5.80. The van der Waals surface area contributed by atoms with Crippen LogP contribution in [-0.2, 0) is 21.2 Å². The molecular formula is C24H28N2O5S. The number of carbonyl (C=O) groups excluding carboxylic acids is 1. The summed E-state index contributed by atoms with van der Waals surface area (Å²) in [5, 5.41) is 0. The molecule has 8 heteroatoms. The van der Waals surface area contributed by atoms with Crippen LogP contribution in [0.2, 0.25) is 0 Å². The van der Waals surface area contributed by atoms with Crippen molar-refractivity contribution in [2.24, 2.45) is 0 Å². The molecule has 0 aromatic heterocycles. The summed E-state index contributed by atoms with van der Waals surface area (Å²) >= 11 is 0. The van der Waals surface area contributed by atoms with Crippen molar-refractivity contribution in [1.82, 2.24) is 4.31 Å². The van der Waals surface area contributed by atoms with E-state index in [0.29, 0.717) is 42.4 Å². The number of rotatable bonds is 6. The van der Waals surface area contributed by atoms with Crippen molar-refractivity contribution in [2.45, 2.75) is 30.6 Å². The second kappa shape index (κ2) is 9.34. The molecule has 1 saturated heterocycles. The summed E-state index contributed by atoms with van der Waals surface area (Å²) in [6.07, 6.45) is 6.73. The molecular weight excluding hydrogens is 428 g/mol. The minimum Gasteiger partial charge on any atom is -0.497 e. The van der Waals surface area contributed by atoms with Crippen molar-refractivity contribution >= 4 is 27.7 Å². The normalized spacial score (nSPS) is 16.9. The van der Waals surface area contributed by atoms with E-state index in [4.69, 9.17) is 9.47 Å². The number of ether oxygens (including phenoxy) is 2. The molecule has 0 unspecified atom stereocenters. The predicted octanol–water partition coefficient (Wildman–Crippen LogP) is 3.48. The highest BCUT2D eigenvalue weighted by atomic mass is 32.2. The summed E-state index contributed by atoms with van der Waals surface area (Å²) in [7, 11) is -0.335. The van der Waals surface area contributed by atoms with Gasteiger partial charge < -0.3 is 14.4 Å². The van der Waals surface area contributed by atoms with Crippen LogP contribution >= 0.6 is 0 Å². The molecule has 2 aliphatic heterocycles. The summed E-state index contributed by atoms with van der Waals surface area (Å²) in [4.78, 5) is 14.9. The molecule has 170 valence electrons. The average molecular weight is 457 g/mol. The van der Waals surface area contributed by atoms with E-state index in [1.807, 2.05) is 12.1 Å². The lowest BCUT2D eigenvalue weighted by molar-refractivity contribution is -0.114. The summed E-state index contributed by atoms with van der Waals surface area (Å²) in [6, 6.07) is 10.5. The van der Waals surface area contributed by atoms with Gasteiger partial charge in [-0.2, -0.15) is 4.31 Å². The number of methoxy groups -OCH3 is 2. The Balaban J connectivity index is 1.52. The summed E-state index contributed by atoms with van der Waals surface area (Å²) in [5.41, 5.74) is 2.41. The molecule has 0 aliphatic carbocycles. The first-order valence-corrected chi connectivity index (χ1v) is 12.2. The van der Waals surface area contributed by atoms with Gasteiger partial charge in [0, 0.05) is 43.0 Å². The fraction of sp³-hybridized carbons (Fsp3) is 0.375. The summed E-state index contributed by atoms with van der Waals surface area (Å²) in [6.45, 7) is 1.67. The van der Waals surface area contributed by atoms with Gasteiger partial charge in [-0.15, -0.1) is 0 Å². The van der Waals surface area contributed by atoms with Crippen LogP contribution in [0, 0.1) is 0 Å². The Bertz CT molecular complexity index is 1140. The molecule has 2 heterocycles. The zero-order valence-corrected chi connectivity index (χ0v) is 19.2. The molecule has 0 saturated carbocycles. The number of anilines is 1. The molecule has 2 aromatic carbocycles. The topological polar surface area (TPSA) is 76.2 Å². The predicted molar refractivity (Wildman–Crippen MR) is 124 cm³/mol. The number of carbonyl (C=O) groups is 1. The molecule has 0 N–H and O–H groups in total. The van der Waals surface area contributed by atoms with E-state index in [9.17, 15) is 13.2 Å². The number of piperidine rings is 1. The maximum Gasteiger partial charge on any atom is 0.251 e. The van der Waals surface area contributed by atoms with Crippen LogP contribution < -0.4 is 14.4 Å². The zero-order valence-electron chi connectivity index (χ0n) is 18.4. The Labute approximate surface area is 189 Å².